The van der Waals surface area contributed by atoms with Gasteiger partial charge in [-0.25, -0.2) is 0 Å². The predicted octanol–water partition coefficient (Wildman–Crippen LogP) is 5.97. The van der Waals surface area contributed by atoms with E-state index < -0.39 is 5.91 Å². The highest BCUT2D eigenvalue weighted by molar-refractivity contribution is 7.99. The maximum absolute atomic E-state index is 12.0. The fourth-order valence-corrected chi connectivity index (χ4v) is 5.22. The first kappa shape index (κ1) is 21.8. The third-order valence-corrected chi connectivity index (χ3v) is 6.86. The number of benzene rings is 3. The molecule has 3 aromatic rings. The predicted molar refractivity (Wildman–Crippen MR) is 128 cm³/mol. The van der Waals surface area contributed by atoms with Crippen molar-refractivity contribution < 1.29 is 9.90 Å². The molecule has 0 bridgehead atoms. The molecule has 1 amide bonds. The van der Waals surface area contributed by atoms with Crippen LogP contribution in [0.25, 0.3) is 11.1 Å². The van der Waals surface area contributed by atoms with E-state index in [1.807, 2.05) is 48.5 Å². The van der Waals surface area contributed by atoms with Crippen LogP contribution >= 0.6 is 23.4 Å². The molecular formula is C25H25ClN2O2S. The summed E-state index contributed by atoms with van der Waals surface area (Å²) < 4.78 is 0. The van der Waals surface area contributed by atoms with Gasteiger partial charge in [0.25, 0.3) is 5.91 Å². The highest BCUT2D eigenvalue weighted by Gasteiger charge is 2.21. The first-order chi connectivity index (χ1) is 15.0. The first-order valence-electron chi connectivity index (χ1n) is 10.4. The molecule has 0 saturated heterocycles. The van der Waals surface area contributed by atoms with Gasteiger partial charge in [-0.2, -0.15) is 0 Å². The number of rotatable bonds is 6. The third kappa shape index (κ3) is 5.42. The standard InChI is InChI=1S/C25H25ClN2O2S/c26-17-4-3-5-20(15-17)31-24-7-2-1-6-21(24)16-8-13-22(25(27)30)23(14-16)28-18-9-11-19(29)12-10-18/h1-8,13-15,18-19,28-29H,9-12H2,(H2,27,30)/t18-,19-. The van der Waals surface area contributed by atoms with Crippen LogP contribution in [0.15, 0.2) is 76.5 Å². The summed E-state index contributed by atoms with van der Waals surface area (Å²) in [5.41, 5.74) is 8.95. The van der Waals surface area contributed by atoms with Crippen LogP contribution in [0.1, 0.15) is 36.0 Å². The maximum Gasteiger partial charge on any atom is 0.250 e. The zero-order valence-corrected chi connectivity index (χ0v) is 18.6. The number of carbonyl (C=O) groups excluding carboxylic acids is 1. The molecule has 4 nitrogen and oxygen atoms in total. The van der Waals surface area contributed by atoms with E-state index in [1.54, 1.807) is 17.8 Å². The lowest BCUT2D eigenvalue weighted by Crippen LogP contribution is -2.29. The summed E-state index contributed by atoms with van der Waals surface area (Å²) in [7, 11) is 0. The second-order valence-corrected chi connectivity index (χ2v) is 9.38. The van der Waals surface area contributed by atoms with Gasteiger partial charge in [0.05, 0.1) is 11.7 Å². The molecule has 0 aliphatic heterocycles. The minimum Gasteiger partial charge on any atom is -0.393 e. The number of hydrogen-bond donors (Lipinski definition) is 3. The summed E-state index contributed by atoms with van der Waals surface area (Å²) in [4.78, 5) is 14.2. The lowest BCUT2D eigenvalue weighted by molar-refractivity contribution is 0.100. The van der Waals surface area contributed by atoms with Crippen LogP contribution in [-0.4, -0.2) is 23.2 Å². The molecule has 1 aliphatic carbocycles. The van der Waals surface area contributed by atoms with Crippen LogP contribution in [0.5, 0.6) is 0 Å². The second-order valence-electron chi connectivity index (χ2n) is 7.83. The van der Waals surface area contributed by atoms with Crippen LogP contribution in [0.3, 0.4) is 0 Å². The highest BCUT2D eigenvalue weighted by atomic mass is 35.5. The highest BCUT2D eigenvalue weighted by Crippen LogP contribution is 2.38. The van der Waals surface area contributed by atoms with Crippen LogP contribution in [0.2, 0.25) is 5.02 Å². The third-order valence-electron chi connectivity index (χ3n) is 5.56. The molecule has 0 spiro atoms. The molecule has 0 unspecified atom stereocenters. The first-order valence-corrected chi connectivity index (χ1v) is 11.6. The number of anilines is 1. The van der Waals surface area contributed by atoms with Gasteiger partial charge in [-0.3, -0.25) is 4.79 Å². The molecule has 0 heterocycles. The molecule has 4 rings (SSSR count). The molecule has 1 saturated carbocycles. The number of halogens is 1. The fourth-order valence-electron chi connectivity index (χ4n) is 3.94. The molecule has 0 atom stereocenters. The molecule has 31 heavy (non-hydrogen) atoms. The van der Waals surface area contributed by atoms with E-state index in [-0.39, 0.29) is 12.1 Å². The summed E-state index contributed by atoms with van der Waals surface area (Å²) >= 11 is 7.81. The van der Waals surface area contributed by atoms with E-state index in [0.29, 0.717) is 10.6 Å². The number of nitrogens with two attached hydrogens (primary N) is 1. The summed E-state index contributed by atoms with van der Waals surface area (Å²) in [6, 6.07) is 21.9. The minimum absolute atomic E-state index is 0.216. The van der Waals surface area contributed by atoms with Gasteiger partial charge in [0.1, 0.15) is 0 Å². The topological polar surface area (TPSA) is 75.4 Å². The van der Waals surface area contributed by atoms with E-state index >= 15 is 0 Å². The number of amides is 1. The van der Waals surface area contributed by atoms with Gasteiger partial charge in [-0.05, 0) is 73.2 Å². The molecule has 1 aliphatic rings. The zero-order chi connectivity index (χ0) is 21.8. The molecule has 4 N–H and O–H groups in total. The second kappa shape index (κ2) is 9.77. The van der Waals surface area contributed by atoms with Crippen LogP contribution in [0.4, 0.5) is 5.69 Å². The van der Waals surface area contributed by atoms with Gasteiger partial charge in [0.2, 0.25) is 0 Å². The molecule has 0 radical (unpaired) electrons. The van der Waals surface area contributed by atoms with Gasteiger partial charge in [-0.15, -0.1) is 0 Å². The number of carbonyl (C=O) groups is 1. The van der Waals surface area contributed by atoms with Gasteiger partial charge < -0.3 is 16.2 Å². The quantitative estimate of drug-likeness (QED) is 0.430. The Kier molecular flexibility index (Phi) is 6.86. The van der Waals surface area contributed by atoms with Crippen molar-refractivity contribution >= 4 is 35.0 Å². The van der Waals surface area contributed by atoms with E-state index in [2.05, 4.69) is 17.4 Å². The molecule has 6 heteroatoms. The van der Waals surface area contributed by atoms with Gasteiger partial charge in [0, 0.05) is 26.5 Å². The zero-order valence-electron chi connectivity index (χ0n) is 17.1. The number of nitrogens with one attached hydrogen (secondary N) is 1. The SMILES string of the molecule is NC(=O)c1ccc(-c2ccccc2Sc2cccc(Cl)c2)cc1N[C@H]1CC[C@H](O)CC1. The van der Waals surface area contributed by atoms with Crippen molar-refractivity contribution in [3.05, 3.63) is 77.3 Å². The Balaban J connectivity index is 1.66. The molecule has 3 aromatic carbocycles. The number of aliphatic hydroxyl groups excluding tert-OH is 1. The average Bonchev–Trinajstić information content (AvgIpc) is 2.75. The normalized spacial score (nSPS) is 18.5. The Morgan fingerprint density at radius 2 is 1.77 bits per heavy atom. The van der Waals surface area contributed by atoms with E-state index in [0.717, 1.165) is 52.3 Å². The van der Waals surface area contributed by atoms with Crippen LogP contribution < -0.4 is 11.1 Å². The average molecular weight is 453 g/mol. The van der Waals surface area contributed by atoms with Crippen LogP contribution in [-0.2, 0) is 0 Å². The fraction of sp³-hybridized carbons (Fsp3) is 0.240. The van der Waals surface area contributed by atoms with Crippen molar-refractivity contribution in [1.29, 1.82) is 0 Å². The van der Waals surface area contributed by atoms with Gasteiger partial charge in [0.15, 0.2) is 0 Å². The Morgan fingerprint density at radius 1 is 1.00 bits per heavy atom. The van der Waals surface area contributed by atoms with Gasteiger partial charge in [-0.1, -0.05) is 53.7 Å². The lowest BCUT2D eigenvalue weighted by Gasteiger charge is -2.28. The van der Waals surface area contributed by atoms with Crippen LogP contribution in [0, 0.1) is 0 Å². The van der Waals surface area contributed by atoms with E-state index in [1.165, 1.54) is 0 Å². The summed E-state index contributed by atoms with van der Waals surface area (Å²) in [5, 5.41) is 14.0. The minimum atomic E-state index is -0.452. The Bertz CT molecular complexity index is 1080. The van der Waals surface area contributed by atoms with Crippen molar-refractivity contribution in [3.8, 4) is 11.1 Å². The molecular weight excluding hydrogens is 428 g/mol. The molecule has 160 valence electrons. The summed E-state index contributed by atoms with van der Waals surface area (Å²) in [6.45, 7) is 0. The van der Waals surface area contributed by atoms with Crippen molar-refractivity contribution in [2.24, 2.45) is 5.73 Å². The van der Waals surface area contributed by atoms with Gasteiger partial charge >= 0.3 is 0 Å². The van der Waals surface area contributed by atoms with Crippen molar-refractivity contribution in [2.45, 2.75) is 47.6 Å². The van der Waals surface area contributed by atoms with E-state index in [4.69, 9.17) is 17.3 Å². The molecule has 1 fully saturated rings. The number of primary amides is 1. The van der Waals surface area contributed by atoms with Crippen molar-refractivity contribution in [1.82, 2.24) is 0 Å². The van der Waals surface area contributed by atoms with E-state index in [9.17, 15) is 9.90 Å². The van der Waals surface area contributed by atoms with Crippen molar-refractivity contribution in [2.75, 3.05) is 5.32 Å². The smallest absolute Gasteiger partial charge is 0.250 e. The Labute approximate surface area is 191 Å². The Hall–Kier alpha value is -2.47. The number of aliphatic hydroxyl groups is 1. The molecule has 0 aromatic heterocycles. The summed E-state index contributed by atoms with van der Waals surface area (Å²) in [5.74, 6) is -0.452. The largest absolute Gasteiger partial charge is 0.393 e. The lowest BCUT2D eigenvalue weighted by atomic mass is 9.92. The van der Waals surface area contributed by atoms with Crippen molar-refractivity contribution in [3.63, 3.8) is 0 Å². The monoisotopic (exact) mass is 452 g/mol. The number of hydrogen-bond acceptors (Lipinski definition) is 4. The Morgan fingerprint density at radius 3 is 2.52 bits per heavy atom. The maximum atomic E-state index is 12.0. The summed E-state index contributed by atoms with van der Waals surface area (Å²) in [6.07, 6.45) is 3.04.